The second-order valence-corrected chi connectivity index (χ2v) is 6.44. The van der Waals surface area contributed by atoms with Crippen LogP contribution in [0.4, 0.5) is 0 Å². The molecule has 3 rings (SSSR count). The van der Waals surface area contributed by atoms with Gasteiger partial charge in [0.05, 0.1) is 26.2 Å². The minimum atomic E-state index is 0.0148. The molecule has 1 fully saturated rings. The van der Waals surface area contributed by atoms with E-state index in [1.807, 2.05) is 24.3 Å². The van der Waals surface area contributed by atoms with Crippen molar-refractivity contribution in [1.29, 1.82) is 0 Å². The molecule has 0 bridgehead atoms. The molecule has 0 radical (unpaired) electrons. The molecule has 1 aliphatic heterocycles. The zero-order chi connectivity index (χ0) is 15.4. The molecule has 0 aliphatic carbocycles. The Morgan fingerprint density at radius 1 is 1.32 bits per heavy atom. The van der Waals surface area contributed by atoms with Crippen LogP contribution in [0.25, 0.3) is 10.4 Å². The predicted molar refractivity (Wildman–Crippen MR) is 87.1 cm³/mol. The van der Waals surface area contributed by atoms with E-state index in [2.05, 4.69) is 17.4 Å². The van der Waals surface area contributed by atoms with E-state index in [1.54, 1.807) is 18.4 Å². The van der Waals surface area contributed by atoms with Gasteiger partial charge in [-0.1, -0.05) is 0 Å². The van der Waals surface area contributed by atoms with Crippen LogP contribution in [0.5, 0.6) is 5.75 Å². The highest BCUT2D eigenvalue weighted by Crippen LogP contribution is 2.29. The average molecular weight is 317 g/mol. The number of rotatable bonds is 5. The first-order valence-corrected chi connectivity index (χ1v) is 8.16. The summed E-state index contributed by atoms with van der Waals surface area (Å²) in [4.78, 5) is 14.3. The fraction of sp³-hybridized carbons (Fsp3) is 0.353. The summed E-state index contributed by atoms with van der Waals surface area (Å²) in [5.74, 6) is 0.962. The summed E-state index contributed by atoms with van der Waals surface area (Å²) in [6.45, 7) is 1.82. The van der Waals surface area contributed by atoms with Crippen LogP contribution in [-0.2, 0) is 16.1 Å². The zero-order valence-electron chi connectivity index (χ0n) is 12.5. The van der Waals surface area contributed by atoms with E-state index >= 15 is 0 Å². The molecule has 116 valence electrons. The highest BCUT2D eigenvalue weighted by molar-refractivity contribution is 7.15. The lowest BCUT2D eigenvalue weighted by Crippen LogP contribution is -2.30. The maximum atomic E-state index is 12.0. The van der Waals surface area contributed by atoms with E-state index in [0.717, 1.165) is 22.6 Å². The van der Waals surface area contributed by atoms with Gasteiger partial charge in [0.1, 0.15) is 5.75 Å². The molecule has 1 amide bonds. The second kappa shape index (κ2) is 6.94. The first-order chi connectivity index (χ1) is 10.8. The Morgan fingerprint density at radius 2 is 2.14 bits per heavy atom. The number of benzene rings is 1. The molecular formula is C17H19NO3S. The van der Waals surface area contributed by atoms with Gasteiger partial charge in [0.15, 0.2) is 0 Å². The second-order valence-electron chi connectivity index (χ2n) is 5.27. The molecule has 1 aromatic carbocycles. The summed E-state index contributed by atoms with van der Waals surface area (Å²) >= 11 is 1.70. The SMILES string of the molecule is COc1ccc(-c2ccc(CNC(=O)[C@H]3CCOC3)s2)cc1. The Morgan fingerprint density at radius 3 is 2.82 bits per heavy atom. The van der Waals surface area contributed by atoms with Gasteiger partial charge in [-0.25, -0.2) is 0 Å². The van der Waals surface area contributed by atoms with Crippen LogP contribution in [0.2, 0.25) is 0 Å². The molecule has 0 unspecified atom stereocenters. The van der Waals surface area contributed by atoms with Crippen molar-refractivity contribution in [1.82, 2.24) is 5.32 Å². The van der Waals surface area contributed by atoms with Crippen molar-refractivity contribution in [3.63, 3.8) is 0 Å². The largest absolute Gasteiger partial charge is 0.497 e. The van der Waals surface area contributed by atoms with Gasteiger partial charge in [0, 0.05) is 16.4 Å². The topological polar surface area (TPSA) is 47.6 Å². The molecular weight excluding hydrogens is 298 g/mol. The van der Waals surface area contributed by atoms with Crippen molar-refractivity contribution in [3.05, 3.63) is 41.3 Å². The smallest absolute Gasteiger partial charge is 0.225 e. The number of hydrogen-bond acceptors (Lipinski definition) is 4. The van der Waals surface area contributed by atoms with Crippen LogP contribution < -0.4 is 10.1 Å². The number of amides is 1. The molecule has 22 heavy (non-hydrogen) atoms. The average Bonchev–Trinajstić information content (AvgIpc) is 3.24. The quantitative estimate of drug-likeness (QED) is 0.922. The molecule has 5 heteroatoms. The van der Waals surface area contributed by atoms with E-state index in [9.17, 15) is 4.79 Å². The lowest BCUT2D eigenvalue weighted by atomic mass is 10.1. The summed E-state index contributed by atoms with van der Waals surface area (Å²) < 4.78 is 10.4. The molecule has 0 spiro atoms. The molecule has 1 aromatic heterocycles. The van der Waals surface area contributed by atoms with E-state index in [4.69, 9.17) is 9.47 Å². The van der Waals surface area contributed by atoms with Crippen molar-refractivity contribution in [2.75, 3.05) is 20.3 Å². The molecule has 4 nitrogen and oxygen atoms in total. The van der Waals surface area contributed by atoms with Gasteiger partial charge in [0.25, 0.3) is 0 Å². The summed E-state index contributed by atoms with van der Waals surface area (Å²) in [6, 6.07) is 12.2. The van der Waals surface area contributed by atoms with Crippen molar-refractivity contribution >= 4 is 17.2 Å². The number of carbonyl (C=O) groups is 1. The molecule has 1 N–H and O–H groups in total. The van der Waals surface area contributed by atoms with Crippen molar-refractivity contribution in [3.8, 4) is 16.2 Å². The number of nitrogens with one attached hydrogen (secondary N) is 1. The Bertz CT molecular complexity index is 630. The van der Waals surface area contributed by atoms with Gasteiger partial charge in [-0.3, -0.25) is 4.79 Å². The summed E-state index contributed by atoms with van der Waals surface area (Å²) in [5, 5.41) is 3.00. The Hall–Kier alpha value is -1.85. The third-order valence-corrected chi connectivity index (χ3v) is 4.91. The van der Waals surface area contributed by atoms with E-state index in [-0.39, 0.29) is 11.8 Å². The molecule has 1 atom stereocenters. The van der Waals surface area contributed by atoms with Crippen molar-refractivity contribution < 1.29 is 14.3 Å². The molecule has 2 aromatic rings. The van der Waals surface area contributed by atoms with Gasteiger partial charge >= 0.3 is 0 Å². The highest BCUT2D eigenvalue weighted by Gasteiger charge is 2.23. The first-order valence-electron chi connectivity index (χ1n) is 7.35. The van der Waals surface area contributed by atoms with Gasteiger partial charge in [-0.15, -0.1) is 11.3 Å². The van der Waals surface area contributed by atoms with Crippen LogP contribution in [0.1, 0.15) is 11.3 Å². The van der Waals surface area contributed by atoms with Gasteiger partial charge in [-0.05, 0) is 48.4 Å². The molecule has 2 heterocycles. The fourth-order valence-electron chi connectivity index (χ4n) is 2.44. The lowest BCUT2D eigenvalue weighted by molar-refractivity contribution is -0.125. The Kier molecular flexibility index (Phi) is 4.75. The monoisotopic (exact) mass is 317 g/mol. The number of thiophene rings is 1. The predicted octanol–water partition coefficient (Wildman–Crippen LogP) is 3.08. The van der Waals surface area contributed by atoms with Crippen LogP contribution in [0.3, 0.4) is 0 Å². The fourth-order valence-corrected chi connectivity index (χ4v) is 3.40. The van der Waals surface area contributed by atoms with E-state index in [1.165, 1.54) is 4.88 Å². The minimum absolute atomic E-state index is 0.0148. The van der Waals surface area contributed by atoms with Crippen LogP contribution in [-0.4, -0.2) is 26.2 Å². The normalized spacial score (nSPS) is 17.4. The maximum Gasteiger partial charge on any atom is 0.225 e. The number of carbonyl (C=O) groups excluding carboxylic acids is 1. The number of methoxy groups -OCH3 is 1. The minimum Gasteiger partial charge on any atom is -0.497 e. The van der Waals surface area contributed by atoms with Crippen molar-refractivity contribution in [2.24, 2.45) is 5.92 Å². The molecule has 0 saturated carbocycles. The number of hydrogen-bond donors (Lipinski definition) is 1. The van der Waals surface area contributed by atoms with E-state index < -0.39 is 0 Å². The zero-order valence-corrected chi connectivity index (χ0v) is 13.3. The summed E-state index contributed by atoms with van der Waals surface area (Å²) in [7, 11) is 1.66. The maximum absolute atomic E-state index is 12.0. The number of ether oxygens (including phenoxy) is 2. The molecule has 1 saturated heterocycles. The standard InChI is InChI=1S/C17H19NO3S/c1-20-14-4-2-12(3-5-14)16-7-6-15(22-16)10-18-17(19)13-8-9-21-11-13/h2-7,13H,8-11H2,1H3,(H,18,19)/t13-/m0/s1. The van der Waals surface area contributed by atoms with Gasteiger partial charge < -0.3 is 14.8 Å². The van der Waals surface area contributed by atoms with Crippen molar-refractivity contribution in [2.45, 2.75) is 13.0 Å². The van der Waals surface area contributed by atoms with Crippen LogP contribution in [0, 0.1) is 5.92 Å². The van der Waals surface area contributed by atoms with E-state index in [0.29, 0.717) is 19.8 Å². The van der Waals surface area contributed by atoms with Gasteiger partial charge in [-0.2, -0.15) is 0 Å². The highest BCUT2D eigenvalue weighted by atomic mass is 32.1. The summed E-state index contributed by atoms with van der Waals surface area (Å²) in [5.41, 5.74) is 1.16. The Balaban J connectivity index is 1.59. The first kappa shape index (κ1) is 15.1. The van der Waals surface area contributed by atoms with Crippen LogP contribution >= 0.6 is 11.3 Å². The third kappa shape index (κ3) is 3.48. The van der Waals surface area contributed by atoms with Gasteiger partial charge in [0.2, 0.25) is 5.91 Å². The Labute approximate surface area is 134 Å². The third-order valence-electron chi connectivity index (χ3n) is 3.77. The summed E-state index contributed by atoms with van der Waals surface area (Å²) in [6.07, 6.45) is 0.827. The van der Waals surface area contributed by atoms with Crippen LogP contribution in [0.15, 0.2) is 36.4 Å². The molecule has 1 aliphatic rings. The lowest BCUT2D eigenvalue weighted by Gasteiger charge is -2.07.